The van der Waals surface area contributed by atoms with Gasteiger partial charge in [-0.25, -0.2) is 4.98 Å². The Morgan fingerprint density at radius 3 is 2.68 bits per heavy atom. The average molecular weight is 425 g/mol. The van der Waals surface area contributed by atoms with Gasteiger partial charge in [0.2, 0.25) is 5.88 Å². The first-order valence-corrected chi connectivity index (χ1v) is 11.0. The molecule has 1 saturated carbocycles. The number of carbonyl (C=O) groups excluding carboxylic acids is 1. The molecule has 2 aromatic rings. The van der Waals surface area contributed by atoms with Crippen molar-refractivity contribution in [2.24, 2.45) is 0 Å². The molecule has 1 amide bonds. The van der Waals surface area contributed by atoms with Crippen LogP contribution in [0.3, 0.4) is 0 Å². The minimum atomic E-state index is -0.467. The maximum Gasteiger partial charge on any atom is 0.270 e. The van der Waals surface area contributed by atoms with Crippen LogP contribution in [0.2, 0.25) is 0 Å². The lowest BCUT2D eigenvalue weighted by Gasteiger charge is -2.30. The van der Waals surface area contributed by atoms with Gasteiger partial charge in [0.15, 0.2) is 0 Å². The normalized spacial score (nSPS) is 16.8. The maximum absolute atomic E-state index is 13.1. The van der Waals surface area contributed by atoms with Gasteiger partial charge in [0.1, 0.15) is 6.10 Å². The molecule has 0 unspecified atom stereocenters. The van der Waals surface area contributed by atoms with E-state index in [0.29, 0.717) is 11.4 Å². The van der Waals surface area contributed by atoms with Crippen molar-refractivity contribution in [1.29, 1.82) is 0 Å². The van der Waals surface area contributed by atoms with Crippen LogP contribution in [0, 0.1) is 10.1 Å². The van der Waals surface area contributed by atoms with Gasteiger partial charge in [-0.05, 0) is 57.1 Å². The number of piperidine rings is 1. The molecule has 8 nitrogen and oxygen atoms in total. The number of benzene rings is 1. The Hall–Kier alpha value is -3.16. The van der Waals surface area contributed by atoms with Crippen molar-refractivity contribution in [3.05, 3.63) is 57.8 Å². The number of nitrogens with one attached hydrogen (secondary N) is 1. The molecule has 0 atom stereocenters. The molecule has 8 heteroatoms. The summed E-state index contributed by atoms with van der Waals surface area (Å²) in [5.41, 5.74) is 1.79. The highest BCUT2D eigenvalue weighted by atomic mass is 16.6. The Kier molecular flexibility index (Phi) is 6.64. The van der Waals surface area contributed by atoms with E-state index in [-0.39, 0.29) is 24.2 Å². The lowest BCUT2D eigenvalue weighted by Crippen LogP contribution is -2.32. The second-order valence-corrected chi connectivity index (χ2v) is 8.18. The largest absolute Gasteiger partial charge is 0.474 e. The number of nitro benzene ring substituents is 1. The summed E-state index contributed by atoms with van der Waals surface area (Å²) in [6.45, 7) is 1.94. The van der Waals surface area contributed by atoms with Gasteiger partial charge in [0.25, 0.3) is 11.6 Å². The van der Waals surface area contributed by atoms with Crippen LogP contribution in [0.15, 0.2) is 36.5 Å². The lowest BCUT2D eigenvalue weighted by atomic mass is 10.1. The summed E-state index contributed by atoms with van der Waals surface area (Å²) >= 11 is 0. The molecular weight excluding hydrogens is 396 g/mol. The minimum Gasteiger partial charge on any atom is -0.474 e. The van der Waals surface area contributed by atoms with Crippen LogP contribution in [0.1, 0.15) is 60.9 Å². The topological polar surface area (TPSA) is 97.6 Å². The Bertz CT molecular complexity index is 937. The van der Waals surface area contributed by atoms with Gasteiger partial charge >= 0.3 is 0 Å². The van der Waals surface area contributed by atoms with E-state index in [1.54, 1.807) is 12.3 Å². The number of carbonyl (C=O) groups is 1. The molecule has 2 fully saturated rings. The van der Waals surface area contributed by atoms with Crippen LogP contribution in [-0.2, 0) is 6.54 Å². The molecular formula is C23H28N4O4. The van der Waals surface area contributed by atoms with Crippen LogP contribution >= 0.6 is 0 Å². The number of non-ortho nitro benzene ring substituents is 1. The number of rotatable bonds is 7. The molecule has 1 aromatic carbocycles. The van der Waals surface area contributed by atoms with Gasteiger partial charge in [0.05, 0.1) is 16.2 Å². The smallest absolute Gasteiger partial charge is 0.270 e. The number of ether oxygens (including phenoxy) is 1. The third kappa shape index (κ3) is 5.13. The fourth-order valence-electron chi connectivity index (χ4n) is 4.33. The molecule has 0 radical (unpaired) electrons. The SMILES string of the molecule is O=C(NCc1cccnc1OC1CCCC1)c1cc([N+](=O)[O-])ccc1N1CCCCC1. The van der Waals surface area contributed by atoms with Crippen molar-refractivity contribution < 1.29 is 14.5 Å². The number of aromatic nitrogens is 1. The zero-order chi connectivity index (χ0) is 21.6. The van der Waals surface area contributed by atoms with Gasteiger partial charge in [0, 0.05) is 43.5 Å². The molecule has 0 spiro atoms. The van der Waals surface area contributed by atoms with E-state index in [1.165, 1.54) is 12.1 Å². The molecule has 1 aromatic heterocycles. The van der Waals surface area contributed by atoms with E-state index in [2.05, 4.69) is 15.2 Å². The first kappa shape index (κ1) is 21.1. The van der Waals surface area contributed by atoms with Crippen molar-refractivity contribution in [1.82, 2.24) is 10.3 Å². The van der Waals surface area contributed by atoms with Crippen molar-refractivity contribution in [2.75, 3.05) is 18.0 Å². The fraction of sp³-hybridized carbons (Fsp3) is 0.478. The summed E-state index contributed by atoms with van der Waals surface area (Å²) in [4.78, 5) is 30.4. The molecule has 1 saturated heterocycles. The summed E-state index contributed by atoms with van der Waals surface area (Å²) in [6.07, 6.45) is 9.49. The Morgan fingerprint density at radius 2 is 1.94 bits per heavy atom. The van der Waals surface area contributed by atoms with E-state index >= 15 is 0 Å². The second-order valence-electron chi connectivity index (χ2n) is 8.18. The van der Waals surface area contributed by atoms with Crippen molar-refractivity contribution in [3.8, 4) is 5.88 Å². The van der Waals surface area contributed by atoms with E-state index in [0.717, 1.165) is 69.3 Å². The zero-order valence-electron chi connectivity index (χ0n) is 17.6. The van der Waals surface area contributed by atoms with E-state index in [1.807, 2.05) is 12.1 Å². The zero-order valence-corrected chi connectivity index (χ0v) is 17.6. The number of nitro groups is 1. The number of anilines is 1. The van der Waals surface area contributed by atoms with Crippen molar-refractivity contribution >= 4 is 17.3 Å². The predicted octanol–water partition coefficient (Wildman–Crippen LogP) is 4.23. The minimum absolute atomic E-state index is 0.0856. The third-order valence-corrected chi connectivity index (χ3v) is 6.00. The summed E-state index contributed by atoms with van der Waals surface area (Å²) in [6, 6.07) is 8.23. The maximum atomic E-state index is 13.1. The molecule has 164 valence electrons. The Labute approximate surface area is 181 Å². The van der Waals surface area contributed by atoms with E-state index in [4.69, 9.17) is 4.74 Å². The van der Waals surface area contributed by atoms with Gasteiger partial charge < -0.3 is 15.0 Å². The van der Waals surface area contributed by atoms with E-state index < -0.39 is 4.92 Å². The highest BCUT2D eigenvalue weighted by molar-refractivity contribution is 6.00. The van der Waals surface area contributed by atoms with Crippen LogP contribution in [0.25, 0.3) is 0 Å². The number of nitrogens with zero attached hydrogens (tertiary/aromatic N) is 3. The number of pyridine rings is 1. The number of hydrogen-bond acceptors (Lipinski definition) is 6. The fourth-order valence-corrected chi connectivity index (χ4v) is 4.33. The molecule has 1 aliphatic carbocycles. The standard InChI is InChI=1S/C23H28N4O4/c28-22(25-16-17-7-6-12-24-23(17)31-19-8-2-3-9-19)20-15-18(27(29)30)10-11-21(20)26-13-4-1-5-14-26/h6-7,10-12,15,19H,1-5,8-9,13-14,16H2,(H,25,28). The third-order valence-electron chi connectivity index (χ3n) is 6.00. The molecule has 31 heavy (non-hydrogen) atoms. The molecule has 2 heterocycles. The van der Waals surface area contributed by atoms with Gasteiger partial charge in [-0.15, -0.1) is 0 Å². The summed E-state index contributed by atoms with van der Waals surface area (Å²) in [7, 11) is 0. The number of amides is 1. The number of hydrogen-bond donors (Lipinski definition) is 1. The van der Waals surface area contributed by atoms with Crippen LogP contribution < -0.4 is 15.0 Å². The van der Waals surface area contributed by atoms with Crippen LogP contribution in [0.5, 0.6) is 5.88 Å². The molecule has 2 aliphatic rings. The Morgan fingerprint density at radius 1 is 1.16 bits per heavy atom. The van der Waals surface area contributed by atoms with Crippen molar-refractivity contribution in [2.45, 2.75) is 57.6 Å². The van der Waals surface area contributed by atoms with Gasteiger partial charge in [-0.2, -0.15) is 0 Å². The second kappa shape index (κ2) is 9.76. The highest BCUT2D eigenvalue weighted by Gasteiger charge is 2.23. The molecule has 4 rings (SSSR count). The van der Waals surface area contributed by atoms with E-state index in [9.17, 15) is 14.9 Å². The molecule has 0 bridgehead atoms. The monoisotopic (exact) mass is 424 g/mol. The van der Waals surface area contributed by atoms with Crippen LogP contribution in [-0.4, -0.2) is 35.0 Å². The summed E-state index contributed by atoms with van der Waals surface area (Å²) < 4.78 is 6.05. The quantitative estimate of drug-likeness (QED) is 0.528. The Balaban J connectivity index is 1.51. The van der Waals surface area contributed by atoms with Crippen molar-refractivity contribution in [3.63, 3.8) is 0 Å². The highest BCUT2D eigenvalue weighted by Crippen LogP contribution is 2.29. The van der Waals surface area contributed by atoms with Gasteiger partial charge in [-0.3, -0.25) is 14.9 Å². The first-order chi connectivity index (χ1) is 15.1. The van der Waals surface area contributed by atoms with Crippen LogP contribution in [0.4, 0.5) is 11.4 Å². The predicted molar refractivity (Wildman–Crippen MR) is 117 cm³/mol. The van der Waals surface area contributed by atoms with Gasteiger partial charge in [-0.1, -0.05) is 6.07 Å². The lowest BCUT2D eigenvalue weighted by molar-refractivity contribution is -0.384. The summed E-state index contributed by atoms with van der Waals surface area (Å²) in [5.74, 6) is 0.213. The first-order valence-electron chi connectivity index (χ1n) is 11.0. The molecule has 1 N–H and O–H groups in total. The molecule has 1 aliphatic heterocycles. The average Bonchev–Trinajstić information content (AvgIpc) is 3.31. The summed E-state index contributed by atoms with van der Waals surface area (Å²) in [5, 5.41) is 14.2.